The minimum Gasteiger partial charge on any atom is -0.462 e. The van der Waals surface area contributed by atoms with Crippen LogP contribution in [0.15, 0.2) is 46.9 Å². The van der Waals surface area contributed by atoms with Crippen LogP contribution < -0.4 is 10.9 Å². The third kappa shape index (κ3) is 5.36. The first-order chi connectivity index (χ1) is 14.8. The zero-order valence-electron chi connectivity index (χ0n) is 16.9. The lowest BCUT2D eigenvalue weighted by atomic mass is 10.2. The molecule has 0 aliphatic rings. The number of halogens is 1. The Morgan fingerprint density at radius 1 is 1.39 bits per heavy atom. The summed E-state index contributed by atoms with van der Waals surface area (Å²) >= 11 is 8.33. The van der Waals surface area contributed by atoms with Gasteiger partial charge in [-0.05, 0) is 43.7 Å². The average Bonchev–Trinajstić information content (AvgIpc) is 3.09. The van der Waals surface area contributed by atoms with Crippen molar-refractivity contribution in [1.82, 2.24) is 9.55 Å². The van der Waals surface area contributed by atoms with E-state index in [0.29, 0.717) is 31.0 Å². The summed E-state index contributed by atoms with van der Waals surface area (Å²) in [6.07, 6.45) is 1.60. The molecule has 2 heterocycles. The fourth-order valence-corrected chi connectivity index (χ4v) is 4.78. The topological polar surface area (TPSA) is 90.3 Å². The van der Waals surface area contributed by atoms with Gasteiger partial charge in [0.1, 0.15) is 4.88 Å². The van der Waals surface area contributed by atoms with Crippen LogP contribution in [0.2, 0.25) is 5.02 Å². The molecule has 3 aromatic rings. The van der Waals surface area contributed by atoms with Crippen LogP contribution >= 0.6 is 34.7 Å². The number of benzene rings is 1. The number of thiophene rings is 1. The van der Waals surface area contributed by atoms with Gasteiger partial charge in [-0.3, -0.25) is 14.2 Å². The Kier molecular flexibility index (Phi) is 7.53. The summed E-state index contributed by atoms with van der Waals surface area (Å²) in [5, 5.41) is 4.64. The van der Waals surface area contributed by atoms with Gasteiger partial charge in [-0.2, -0.15) is 0 Å². The molecule has 7 nitrogen and oxygen atoms in total. The second kappa shape index (κ2) is 10.1. The second-order valence-electron chi connectivity index (χ2n) is 6.44. The van der Waals surface area contributed by atoms with E-state index in [1.807, 2.05) is 0 Å². The van der Waals surface area contributed by atoms with Crippen molar-refractivity contribution in [1.29, 1.82) is 0 Å². The molecule has 0 saturated heterocycles. The van der Waals surface area contributed by atoms with E-state index in [4.69, 9.17) is 16.3 Å². The van der Waals surface area contributed by atoms with E-state index in [1.54, 1.807) is 44.2 Å². The molecule has 3 rings (SSSR count). The van der Waals surface area contributed by atoms with Crippen LogP contribution in [0.1, 0.15) is 22.2 Å². The summed E-state index contributed by atoms with van der Waals surface area (Å²) < 4.78 is 6.49. The quantitative estimate of drug-likeness (QED) is 0.222. The Hall–Kier alpha value is -2.62. The molecular formula is C21H20ClN3O4S2. The van der Waals surface area contributed by atoms with E-state index >= 15 is 0 Å². The Labute approximate surface area is 192 Å². The summed E-state index contributed by atoms with van der Waals surface area (Å²) in [6.45, 7) is 7.76. The number of anilines is 1. The maximum atomic E-state index is 12.8. The Balaban J connectivity index is 1.77. The zero-order chi connectivity index (χ0) is 22.5. The smallest absolute Gasteiger partial charge is 0.348 e. The molecule has 2 aromatic heterocycles. The van der Waals surface area contributed by atoms with Crippen molar-refractivity contribution in [2.24, 2.45) is 0 Å². The Morgan fingerprint density at radius 3 is 2.87 bits per heavy atom. The molecule has 162 valence electrons. The van der Waals surface area contributed by atoms with Gasteiger partial charge in [0.05, 0.1) is 28.3 Å². The molecule has 1 N–H and O–H groups in total. The van der Waals surface area contributed by atoms with Gasteiger partial charge in [-0.1, -0.05) is 29.4 Å². The molecule has 0 fully saturated rings. The number of fused-ring (bicyclic) bond motifs is 1. The van der Waals surface area contributed by atoms with Gasteiger partial charge in [0.25, 0.3) is 5.56 Å². The molecule has 0 unspecified atom stereocenters. The van der Waals surface area contributed by atoms with Crippen LogP contribution in [-0.2, 0) is 16.1 Å². The predicted molar refractivity (Wildman–Crippen MR) is 126 cm³/mol. The standard InChI is InChI=1S/C21H20ClN3O4S2/c1-4-8-25-19(27)14-7-6-13(22)10-15(14)23-21(25)30-11-16(26)24-17-9-12(3)18(31-17)20(28)29-5-2/h4,6-7,9-10H,1,5,8,11H2,2-3H3,(H,24,26). The summed E-state index contributed by atoms with van der Waals surface area (Å²) in [4.78, 5) is 42.2. The van der Waals surface area contributed by atoms with Gasteiger partial charge in [-0.25, -0.2) is 9.78 Å². The zero-order valence-corrected chi connectivity index (χ0v) is 19.3. The number of aromatic nitrogens is 2. The highest BCUT2D eigenvalue weighted by Gasteiger charge is 2.17. The number of ether oxygens (including phenoxy) is 1. The predicted octanol–water partition coefficient (Wildman–Crippen LogP) is 4.51. The summed E-state index contributed by atoms with van der Waals surface area (Å²) in [6, 6.07) is 6.61. The second-order valence-corrected chi connectivity index (χ2v) is 8.87. The summed E-state index contributed by atoms with van der Waals surface area (Å²) in [5.41, 5.74) is 0.977. The molecule has 0 saturated carbocycles. The Bertz CT molecular complexity index is 1220. The number of thioether (sulfide) groups is 1. The average molecular weight is 478 g/mol. The maximum Gasteiger partial charge on any atom is 0.348 e. The number of rotatable bonds is 8. The van der Waals surface area contributed by atoms with E-state index in [1.165, 1.54) is 4.57 Å². The van der Waals surface area contributed by atoms with Crippen LogP contribution in [0.25, 0.3) is 10.9 Å². The van der Waals surface area contributed by atoms with Crippen LogP contribution in [-0.4, -0.2) is 33.8 Å². The normalized spacial score (nSPS) is 10.8. The van der Waals surface area contributed by atoms with Gasteiger partial charge in [-0.15, -0.1) is 17.9 Å². The number of allylic oxidation sites excluding steroid dienone is 1. The molecule has 1 amide bonds. The fourth-order valence-electron chi connectivity index (χ4n) is 2.82. The molecular weight excluding hydrogens is 458 g/mol. The SMILES string of the molecule is C=CCn1c(SCC(=O)Nc2cc(C)c(C(=O)OCC)s2)nc2cc(Cl)ccc2c1=O. The third-order valence-corrected chi connectivity index (χ3v) is 6.51. The number of esters is 1. The van der Waals surface area contributed by atoms with Crippen molar-refractivity contribution in [3.8, 4) is 0 Å². The first-order valence-electron chi connectivity index (χ1n) is 9.35. The molecule has 0 aliphatic carbocycles. The molecule has 0 radical (unpaired) electrons. The molecule has 0 aliphatic heterocycles. The van der Waals surface area contributed by atoms with Crippen LogP contribution in [0, 0.1) is 6.92 Å². The lowest BCUT2D eigenvalue weighted by molar-refractivity contribution is -0.113. The third-order valence-electron chi connectivity index (χ3n) is 4.17. The number of hydrogen-bond acceptors (Lipinski definition) is 7. The molecule has 1 aromatic carbocycles. The van der Waals surface area contributed by atoms with Crippen molar-refractivity contribution in [2.75, 3.05) is 17.7 Å². The van der Waals surface area contributed by atoms with Crippen molar-refractivity contribution in [3.63, 3.8) is 0 Å². The van der Waals surface area contributed by atoms with Gasteiger partial charge < -0.3 is 10.1 Å². The first-order valence-corrected chi connectivity index (χ1v) is 11.5. The van der Waals surface area contributed by atoms with Crippen LogP contribution in [0.5, 0.6) is 0 Å². The molecule has 0 atom stereocenters. The van der Waals surface area contributed by atoms with E-state index in [0.717, 1.165) is 28.7 Å². The number of nitrogens with zero attached hydrogens (tertiary/aromatic N) is 2. The lowest BCUT2D eigenvalue weighted by Crippen LogP contribution is -2.23. The largest absolute Gasteiger partial charge is 0.462 e. The highest BCUT2D eigenvalue weighted by Crippen LogP contribution is 2.28. The monoisotopic (exact) mass is 477 g/mol. The number of hydrogen-bond donors (Lipinski definition) is 1. The van der Waals surface area contributed by atoms with E-state index < -0.39 is 5.97 Å². The number of carbonyl (C=O) groups excluding carboxylic acids is 2. The molecule has 0 bridgehead atoms. The lowest BCUT2D eigenvalue weighted by Gasteiger charge is -2.11. The maximum absolute atomic E-state index is 12.8. The molecule has 10 heteroatoms. The fraction of sp³-hybridized carbons (Fsp3) is 0.238. The van der Waals surface area contributed by atoms with Crippen molar-refractivity contribution >= 4 is 62.5 Å². The van der Waals surface area contributed by atoms with Crippen LogP contribution in [0.3, 0.4) is 0 Å². The van der Waals surface area contributed by atoms with Gasteiger partial charge in [0.2, 0.25) is 5.91 Å². The number of aryl methyl sites for hydroxylation is 1. The van der Waals surface area contributed by atoms with Gasteiger partial charge >= 0.3 is 5.97 Å². The summed E-state index contributed by atoms with van der Waals surface area (Å²) in [5.74, 6) is -0.666. The van der Waals surface area contributed by atoms with Crippen LogP contribution in [0.4, 0.5) is 5.00 Å². The van der Waals surface area contributed by atoms with Crippen molar-refractivity contribution in [2.45, 2.75) is 25.5 Å². The molecule has 31 heavy (non-hydrogen) atoms. The molecule has 0 spiro atoms. The van der Waals surface area contributed by atoms with Crippen molar-refractivity contribution in [3.05, 3.63) is 62.7 Å². The number of nitrogens with one attached hydrogen (secondary N) is 1. The minimum absolute atomic E-state index is 0.0291. The van der Waals surface area contributed by atoms with E-state index in [9.17, 15) is 14.4 Å². The van der Waals surface area contributed by atoms with Crippen molar-refractivity contribution < 1.29 is 14.3 Å². The van der Waals surface area contributed by atoms with E-state index in [-0.39, 0.29) is 30.4 Å². The van der Waals surface area contributed by atoms with Gasteiger partial charge in [0, 0.05) is 11.6 Å². The van der Waals surface area contributed by atoms with Gasteiger partial charge in [0.15, 0.2) is 5.16 Å². The highest BCUT2D eigenvalue weighted by atomic mass is 35.5. The highest BCUT2D eigenvalue weighted by molar-refractivity contribution is 7.99. The minimum atomic E-state index is -0.410. The summed E-state index contributed by atoms with van der Waals surface area (Å²) in [7, 11) is 0. The first kappa shape index (κ1) is 23.1. The Morgan fingerprint density at radius 2 is 2.16 bits per heavy atom. The van der Waals surface area contributed by atoms with E-state index in [2.05, 4.69) is 16.9 Å². The number of carbonyl (C=O) groups is 2. The number of amides is 1.